The van der Waals surface area contributed by atoms with Gasteiger partial charge in [0.1, 0.15) is 0 Å². The number of benzene rings is 8. The van der Waals surface area contributed by atoms with Gasteiger partial charge in [-0.2, -0.15) is 0 Å². The highest BCUT2D eigenvalue weighted by atomic mass is 32.1. The molecule has 0 aliphatic carbocycles. The summed E-state index contributed by atoms with van der Waals surface area (Å²) in [5, 5.41) is 5.14. The molecule has 0 amide bonds. The van der Waals surface area contributed by atoms with Crippen molar-refractivity contribution in [3.05, 3.63) is 206 Å². The van der Waals surface area contributed by atoms with Gasteiger partial charge in [0.25, 0.3) is 0 Å². The summed E-state index contributed by atoms with van der Waals surface area (Å²) in [4.78, 5) is 5.11. The van der Waals surface area contributed by atoms with Crippen LogP contribution >= 0.6 is 22.7 Å². The summed E-state index contributed by atoms with van der Waals surface area (Å²) in [5.41, 5.74) is 12.4. The standard InChI is InChI=1S/C52H34S2/c1-5-17-35(18-6-1)43-34-44(50(37-21-9-3-10-22-37)51(38-23-11-4-12-24-38)49(43)36-19-7-2-8-20-36)45-29-30-46(53-45)47-31-32-48(54-47)52-41-27-15-13-25-39(41)33-40-26-14-16-28-42(40)52/h1-34H. The molecule has 0 aliphatic heterocycles. The molecule has 2 heteroatoms. The number of hydrogen-bond donors (Lipinski definition) is 0. The molecule has 0 radical (unpaired) electrons. The Morgan fingerprint density at radius 3 is 1.17 bits per heavy atom. The van der Waals surface area contributed by atoms with Crippen LogP contribution in [0.15, 0.2) is 206 Å². The van der Waals surface area contributed by atoms with Gasteiger partial charge in [-0.05, 0) is 102 Å². The minimum Gasteiger partial charge on any atom is -0.134 e. The summed E-state index contributed by atoms with van der Waals surface area (Å²) < 4.78 is 0. The highest BCUT2D eigenvalue weighted by molar-refractivity contribution is 7.25. The smallest absolute Gasteiger partial charge is 0.0449 e. The Kier molecular flexibility index (Phi) is 8.33. The van der Waals surface area contributed by atoms with Crippen molar-refractivity contribution in [3.63, 3.8) is 0 Å². The molecule has 2 heterocycles. The summed E-state index contributed by atoms with van der Waals surface area (Å²) in [7, 11) is 0. The SMILES string of the molecule is c1ccc(-c2cc(-c3ccc(-c4ccc(-c5c6ccccc6cc6ccccc56)s4)s3)c(-c3ccccc3)c(-c3ccccc3)c2-c2ccccc2)cc1. The van der Waals surface area contributed by atoms with E-state index in [0.29, 0.717) is 0 Å². The minimum atomic E-state index is 1.20. The molecule has 54 heavy (non-hydrogen) atoms. The third kappa shape index (κ3) is 5.77. The second-order valence-electron chi connectivity index (χ2n) is 13.6. The zero-order valence-corrected chi connectivity index (χ0v) is 31.1. The van der Waals surface area contributed by atoms with E-state index in [1.807, 2.05) is 22.7 Å². The molecule has 254 valence electrons. The van der Waals surface area contributed by atoms with Gasteiger partial charge < -0.3 is 0 Å². The Balaban J connectivity index is 1.20. The van der Waals surface area contributed by atoms with Gasteiger partial charge in [0.15, 0.2) is 0 Å². The predicted octanol–water partition coefficient (Wildman–Crippen LogP) is 15.8. The van der Waals surface area contributed by atoms with Crippen molar-refractivity contribution in [2.45, 2.75) is 0 Å². The first-order chi connectivity index (χ1) is 26.8. The topological polar surface area (TPSA) is 0 Å². The largest absolute Gasteiger partial charge is 0.134 e. The first kappa shape index (κ1) is 32.3. The normalized spacial score (nSPS) is 11.3. The number of hydrogen-bond acceptors (Lipinski definition) is 2. The molecule has 0 unspecified atom stereocenters. The summed E-state index contributed by atoms with van der Waals surface area (Å²) in [5.74, 6) is 0. The van der Waals surface area contributed by atoms with Gasteiger partial charge in [-0.1, -0.05) is 170 Å². The van der Waals surface area contributed by atoms with E-state index in [1.54, 1.807) is 0 Å². The lowest BCUT2D eigenvalue weighted by Crippen LogP contribution is -1.97. The predicted molar refractivity (Wildman–Crippen MR) is 235 cm³/mol. The molecular weight excluding hydrogens is 689 g/mol. The van der Waals surface area contributed by atoms with Gasteiger partial charge in [-0.15, -0.1) is 22.7 Å². The Bertz CT molecular complexity index is 2850. The van der Waals surface area contributed by atoms with Crippen molar-refractivity contribution in [1.82, 2.24) is 0 Å². The molecule has 2 aromatic heterocycles. The Hall–Kier alpha value is -6.32. The first-order valence-corrected chi connectivity index (χ1v) is 20.0. The van der Waals surface area contributed by atoms with E-state index in [0.717, 1.165) is 0 Å². The second-order valence-corrected chi connectivity index (χ2v) is 15.7. The van der Waals surface area contributed by atoms with Gasteiger partial charge in [0.2, 0.25) is 0 Å². The molecular formula is C52H34S2. The van der Waals surface area contributed by atoms with E-state index in [9.17, 15) is 0 Å². The lowest BCUT2D eigenvalue weighted by atomic mass is 9.80. The highest BCUT2D eigenvalue weighted by Gasteiger charge is 2.24. The van der Waals surface area contributed by atoms with Crippen LogP contribution in [0.2, 0.25) is 0 Å². The van der Waals surface area contributed by atoms with E-state index in [1.165, 1.54) is 96.7 Å². The molecule has 0 saturated heterocycles. The Morgan fingerprint density at radius 2 is 0.630 bits per heavy atom. The van der Waals surface area contributed by atoms with Crippen LogP contribution in [-0.2, 0) is 0 Å². The number of fused-ring (bicyclic) bond motifs is 2. The van der Waals surface area contributed by atoms with Crippen LogP contribution in [0.4, 0.5) is 0 Å². The maximum Gasteiger partial charge on any atom is 0.0449 e. The quantitative estimate of drug-likeness (QED) is 0.144. The molecule has 0 bridgehead atoms. The van der Waals surface area contributed by atoms with Crippen LogP contribution in [0, 0.1) is 0 Å². The van der Waals surface area contributed by atoms with Crippen LogP contribution in [0.1, 0.15) is 0 Å². The molecule has 0 saturated carbocycles. The van der Waals surface area contributed by atoms with Gasteiger partial charge >= 0.3 is 0 Å². The molecule has 8 aromatic carbocycles. The van der Waals surface area contributed by atoms with Gasteiger partial charge in [0.05, 0.1) is 0 Å². The minimum absolute atomic E-state index is 1.20. The van der Waals surface area contributed by atoms with Gasteiger partial charge in [-0.25, -0.2) is 0 Å². The number of rotatable bonds is 7. The van der Waals surface area contributed by atoms with Crippen molar-refractivity contribution in [2.75, 3.05) is 0 Å². The van der Waals surface area contributed by atoms with Gasteiger partial charge in [-0.3, -0.25) is 0 Å². The van der Waals surface area contributed by atoms with Gasteiger partial charge in [0, 0.05) is 30.6 Å². The average Bonchev–Trinajstić information content (AvgIpc) is 3.94. The summed E-state index contributed by atoms with van der Waals surface area (Å²) in [6.45, 7) is 0. The van der Waals surface area contributed by atoms with Crippen molar-refractivity contribution >= 4 is 44.2 Å². The molecule has 10 aromatic rings. The average molecular weight is 723 g/mol. The zero-order chi connectivity index (χ0) is 35.8. The summed E-state index contributed by atoms with van der Waals surface area (Å²) in [6.07, 6.45) is 0. The van der Waals surface area contributed by atoms with Crippen molar-refractivity contribution in [2.24, 2.45) is 0 Å². The maximum absolute atomic E-state index is 2.45. The molecule has 0 spiro atoms. The lowest BCUT2D eigenvalue weighted by molar-refractivity contribution is 1.54. The van der Waals surface area contributed by atoms with Crippen molar-refractivity contribution < 1.29 is 0 Å². The lowest BCUT2D eigenvalue weighted by Gasteiger charge is -2.24. The fraction of sp³-hybridized carbons (Fsp3) is 0. The molecule has 0 atom stereocenters. The molecule has 0 aliphatic rings. The maximum atomic E-state index is 2.45. The second kappa shape index (κ2) is 13.9. The highest BCUT2D eigenvalue weighted by Crippen LogP contribution is 2.52. The van der Waals surface area contributed by atoms with E-state index < -0.39 is 0 Å². The van der Waals surface area contributed by atoms with E-state index in [-0.39, 0.29) is 0 Å². The molecule has 0 N–H and O–H groups in total. The molecule has 0 nitrogen and oxygen atoms in total. The van der Waals surface area contributed by atoms with Crippen molar-refractivity contribution in [1.29, 1.82) is 0 Å². The van der Waals surface area contributed by atoms with Crippen LogP contribution in [-0.4, -0.2) is 0 Å². The van der Waals surface area contributed by atoms with E-state index >= 15 is 0 Å². The summed E-state index contributed by atoms with van der Waals surface area (Å²) in [6, 6.07) is 75.3. The fourth-order valence-electron chi connectivity index (χ4n) is 7.92. The van der Waals surface area contributed by atoms with Crippen molar-refractivity contribution in [3.8, 4) is 75.1 Å². The molecule has 0 fully saturated rings. The van der Waals surface area contributed by atoms with Crippen LogP contribution in [0.3, 0.4) is 0 Å². The summed E-state index contributed by atoms with van der Waals surface area (Å²) >= 11 is 3.77. The zero-order valence-electron chi connectivity index (χ0n) is 29.4. The molecule has 10 rings (SSSR count). The van der Waals surface area contributed by atoms with E-state index in [2.05, 4.69) is 206 Å². The third-order valence-corrected chi connectivity index (χ3v) is 12.8. The van der Waals surface area contributed by atoms with E-state index in [4.69, 9.17) is 0 Å². The Morgan fingerprint density at radius 1 is 0.241 bits per heavy atom. The third-order valence-electron chi connectivity index (χ3n) is 10.3. The fourth-order valence-corrected chi connectivity index (χ4v) is 10.1. The first-order valence-electron chi connectivity index (χ1n) is 18.3. The van der Waals surface area contributed by atoms with Crippen LogP contribution < -0.4 is 0 Å². The monoisotopic (exact) mass is 722 g/mol. The number of thiophene rings is 2. The Labute approximate surface area is 323 Å². The van der Waals surface area contributed by atoms with Crippen LogP contribution in [0.5, 0.6) is 0 Å². The van der Waals surface area contributed by atoms with Crippen LogP contribution in [0.25, 0.3) is 96.7 Å².